The zero-order chi connectivity index (χ0) is 17.1. The first-order chi connectivity index (χ1) is 10.8. The van der Waals surface area contributed by atoms with Gasteiger partial charge in [0.2, 0.25) is 0 Å². The van der Waals surface area contributed by atoms with E-state index < -0.39 is 54.6 Å². The molecule has 10 heteroatoms. The van der Waals surface area contributed by atoms with Gasteiger partial charge in [0.15, 0.2) is 24.5 Å². The Bertz CT molecular complexity index is 520. The summed E-state index contributed by atoms with van der Waals surface area (Å²) in [5.41, 5.74) is 0. The lowest BCUT2D eigenvalue weighted by molar-refractivity contribution is -0.237. The third-order valence-electron chi connectivity index (χ3n) is 3.19. The molecule has 23 heavy (non-hydrogen) atoms. The number of carbonyl (C=O) groups excluding carboxylic acids is 4. The predicted octanol–water partition coefficient (Wildman–Crippen LogP) is -0.754. The van der Waals surface area contributed by atoms with E-state index in [2.05, 4.69) is 5.32 Å². The van der Waals surface area contributed by atoms with Crippen LogP contribution in [0.2, 0.25) is 0 Å². The molecule has 1 N–H and O–H groups in total. The van der Waals surface area contributed by atoms with E-state index in [-0.39, 0.29) is 6.61 Å². The molecule has 0 saturated carbocycles. The van der Waals surface area contributed by atoms with Gasteiger partial charge in [-0.3, -0.25) is 19.7 Å². The Kier molecular flexibility index (Phi) is 5.04. The minimum Gasteiger partial charge on any atom is -0.463 e. The Hall–Kier alpha value is -2.36. The van der Waals surface area contributed by atoms with Gasteiger partial charge in [-0.15, -0.1) is 0 Å². The summed E-state index contributed by atoms with van der Waals surface area (Å²) in [5.74, 6) is -1.87. The Morgan fingerprint density at radius 3 is 2.22 bits per heavy atom. The summed E-state index contributed by atoms with van der Waals surface area (Å²) >= 11 is 0. The number of nitrogens with one attached hydrogen (secondary N) is 1. The van der Waals surface area contributed by atoms with E-state index in [1.54, 1.807) is 0 Å². The molecule has 2 rings (SSSR count). The lowest BCUT2D eigenvalue weighted by atomic mass is 9.98. The van der Waals surface area contributed by atoms with Gasteiger partial charge in [-0.2, -0.15) is 0 Å². The fourth-order valence-electron chi connectivity index (χ4n) is 2.43. The van der Waals surface area contributed by atoms with Crippen LogP contribution < -0.4 is 5.32 Å². The molecule has 0 aromatic heterocycles. The Labute approximate surface area is 131 Å². The van der Waals surface area contributed by atoms with Crippen molar-refractivity contribution in [1.82, 2.24) is 5.32 Å². The molecule has 0 aromatic rings. The van der Waals surface area contributed by atoms with Crippen molar-refractivity contribution in [2.75, 3.05) is 6.61 Å². The van der Waals surface area contributed by atoms with Crippen LogP contribution in [0, 0.1) is 0 Å². The molecule has 0 radical (unpaired) electrons. The molecule has 1 amide bonds. The number of fused-ring (bicyclic) bond motifs is 1. The fraction of sp³-hybridized carbons (Fsp3) is 0.692. The molecule has 10 nitrogen and oxygen atoms in total. The highest BCUT2D eigenvalue weighted by Gasteiger charge is 2.55. The van der Waals surface area contributed by atoms with Gasteiger partial charge in [-0.05, 0) is 0 Å². The van der Waals surface area contributed by atoms with Crippen LogP contribution in [0.5, 0.6) is 0 Å². The first kappa shape index (κ1) is 17.0. The van der Waals surface area contributed by atoms with E-state index in [1.807, 2.05) is 0 Å². The van der Waals surface area contributed by atoms with Crippen molar-refractivity contribution >= 4 is 24.0 Å². The standard InChI is InChI=1S/C13H17NO9/c1-5(15)19-4-8-9(20-6(2)16)10(21-7(3)17)11-12(22-8)14-13(18)23-11/h8-12H,4H2,1-3H3,(H,14,18)/t8-,9-,10+,11+,12-/m1/s1. The van der Waals surface area contributed by atoms with Gasteiger partial charge in [-0.25, -0.2) is 4.79 Å². The largest absolute Gasteiger partial charge is 0.463 e. The van der Waals surface area contributed by atoms with Gasteiger partial charge in [0.25, 0.3) is 0 Å². The van der Waals surface area contributed by atoms with Crippen LogP contribution in [0.25, 0.3) is 0 Å². The van der Waals surface area contributed by atoms with Crippen LogP contribution in [0.3, 0.4) is 0 Å². The van der Waals surface area contributed by atoms with E-state index in [4.69, 9.17) is 23.7 Å². The first-order valence-electron chi connectivity index (χ1n) is 6.88. The fourth-order valence-corrected chi connectivity index (χ4v) is 2.43. The Balaban J connectivity index is 2.25. The number of amides is 1. The molecule has 0 unspecified atom stereocenters. The molecular formula is C13H17NO9. The molecule has 2 heterocycles. The van der Waals surface area contributed by atoms with Gasteiger partial charge >= 0.3 is 24.0 Å². The lowest BCUT2D eigenvalue weighted by Crippen LogP contribution is -2.61. The Morgan fingerprint density at radius 1 is 1.04 bits per heavy atom. The third kappa shape index (κ3) is 4.09. The highest BCUT2D eigenvalue weighted by atomic mass is 16.7. The number of esters is 3. The van der Waals surface area contributed by atoms with E-state index >= 15 is 0 Å². The normalized spacial score (nSPS) is 32.1. The summed E-state index contributed by atoms with van der Waals surface area (Å²) in [6.45, 7) is 3.29. The molecule has 2 saturated heterocycles. The van der Waals surface area contributed by atoms with Crippen LogP contribution in [0.15, 0.2) is 0 Å². The number of hydrogen-bond acceptors (Lipinski definition) is 9. The van der Waals surface area contributed by atoms with E-state index in [0.29, 0.717) is 0 Å². The van der Waals surface area contributed by atoms with Crippen LogP contribution >= 0.6 is 0 Å². The third-order valence-corrected chi connectivity index (χ3v) is 3.19. The van der Waals surface area contributed by atoms with Crippen molar-refractivity contribution in [3.8, 4) is 0 Å². The van der Waals surface area contributed by atoms with Gasteiger partial charge < -0.3 is 23.7 Å². The zero-order valence-corrected chi connectivity index (χ0v) is 12.8. The summed E-state index contributed by atoms with van der Waals surface area (Å²) in [4.78, 5) is 45.1. The average molecular weight is 331 g/mol. The molecule has 0 aliphatic carbocycles. The lowest BCUT2D eigenvalue weighted by Gasteiger charge is -2.40. The Morgan fingerprint density at radius 2 is 1.65 bits per heavy atom. The van der Waals surface area contributed by atoms with Crippen molar-refractivity contribution < 1.29 is 42.9 Å². The SMILES string of the molecule is CC(=O)OC[C@H]1O[C@H]2NC(=O)O[C@H]2[C@@H](OC(C)=O)[C@@H]1OC(C)=O. The van der Waals surface area contributed by atoms with Crippen LogP contribution in [0.1, 0.15) is 20.8 Å². The predicted molar refractivity (Wildman–Crippen MR) is 69.8 cm³/mol. The second-order valence-electron chi connectivity index (χ2n) is 5.06. The molecule has 0 bridgehead atoms. The van der Waals surface area contributed by atoms with E-state index in [9.17, 15) is 19.2 Å². The van der Waals surface area contributed by atoms with Gasteiger partial charge in [-0.1, -0.05) is 0 Å². The summed E-state index contributed by atoms with van der Waals surface area (Å²) in [7, 11) is 0. The number of ether oxygens (including phenoxy) is 5. The quantitative estimate of drug-likeness (QED) is 0.522. The molecule has 5 atom stereocenters. The molecule has 2 aliphatic rings. The van der Waals surface area contributed by atoms with Crippen molar-refractivity contribution in [2.45, 2.75) is 51.4 Å². The second kappa shape index (κ2) is 6.82. The molecule has 0 aromatic carbocycles. The molecule has 2 fully saturated rings. The number of hydrogen-bond donors (Lipinski definition) is 1. The molecule has 2 aliphatic heterocycles. The van der Waals surface area contributed by atoms with Crippen LogP contribution in [-0.2, 0) is 38.1 Å². The smallest absolute Gasteiger partial charge is 0.409 e. The molecule has 0 spiro atoms. The summed E-state index contributed by atoms with van der Waals surface area (Å²) in [6, 6.07) is 0. The highest BCUT2D eigenvalue weighted by molar-refractivity contribution is 5.71. The minimum absolute atomic E-state index is 0.246. The first-order valence-corrected chi connectivity index (χ1v) is 6.88. The van der Waals surface area contributed by atoms with Crippen molar-refractivity contribution in [3.63, 3.8) is 0 Å². The summed E-state index contributed by atoms with van der Waals surface area (Å²) < 4.78 is 25.7. The highest BCUT2D eigenvalue weighted by Crippen LogP contribution is 2.30. The van der Waals surface area contributed by atoms with Crippen LogP contribution in [-0.4, -0.2) is 61.3 Å². The van der Waals surface area contributed by atoms with Gasteiger partial charge in [0.05, 0.1) is 0 Å². The molecular weight excluding hydrogens is 314 g/mol. The minimum atomic E-state index is -1.09. The summed E-state index contributed by atoms with van der Waals surface area (Å²) in [6.07, 6.45) is -5.77. The molecule has 128 valence electrons. The van der Waals surface area contributed by atoms with Gasteiger partial charge in [0, 0.05) is 20.8 Å². The van der Waals surface area contributed by atoms with Crippen molar-refractivity contribution in [3.05, 3.63) is 0 Å². The maximum atomic E-state index is 11.4. The zero-order valence-electron chi connectivity index (χ0n) is 12.8. The van der Waals surface area contributed by atoms with Crippen LogP contribution in [0.4, 0.5) is 4.79 Å². The van der Waals surface area contributed by atoms with Crippen molar-refractivity contribution in [1.29, 1.82) is 0 Å². The van der Waals surface area contributed by atoms with Crippen molar-refractivity contribution in [2.24, 2.45) is 0 Å². The second-order valence-corrected chi connectivity index (χ2v) is 5.06. The number of rotatable bonds is 4. The van der Waals surface area contributed by atoms with E-state index in [0.717, 1.165) is 0 Å². The topological polar surface area (TPSA) is 126 Å². The number of alkyl carbamates (subject to hydrolysis) is 1. The van der Waals surface area contributed by atoms with E-state index in [1.165, 1.54) is 20.8 Å². The maximum absolute atomic E-state index is 11.4. The van der Waals surface area contributed by atoms with Gasteiger partial charge in [0.1, 0.15) is 12.7 Å². The monoisotopic (exact) mass is 331 g/mol. The number of carbonyl (C=O) groups is 4. The maximum Gasteiger partial charge on any atom is 0.409 e. The average Bonchev–Trinajstić information content (AvgIpc) is 2.78. The summed E-state index contributed by atoms with van der Waals surface area (Å²) in [5, 5.41) is 2.39.